The molecule has 1 amide bonds. The minimum atomic E-state index is -0.0670. The summed E-state index contributed by atoms with van der Waals surface area (Å²) in [6.07, 6.45) is 0. The second-order valence-electron chi connectivity index (χ2n) is 2.49. The summed E-state index contributed by atoms with van der Waals surface area (Å²) in [4.78, 5) is 11.0. The second-order valence-corrected chi connectivity index (χ2v) is 3.05. The van der Waals surface area contributed by atoms with Gasteiger partial charge in [-0.25, -0.2) is 0 Å². The molecule has 4 nitrogen and oxygen atoms in total. The Morgan fingerprint density at radius 1 is 1.67 bits per heavy atom. The molecule has 12 heavy (non-hydrogen) atoms. The van der Waals surface area contributed by atoms with Gasteiger partial charge in [0.2, 0.25) is 5.91 Å². The topological polar surface area (TPSA) is 57.8 Å². The number of halogens is 1. The normalized spacial score (nSPS) is 9.92. The average Bonchev–Trinajstić information content (AvgIpc) is 2.35. The van der Waals surface area contributed by atoms with Crippen molar-refractivity contribution in [3.05, 3.63) is 11.4 Å². The Balaban J connectivity index is 2.80. The highest BCUT2D eigenvalue weighted by Crippen LogP contribution is 2.15. The van der Waals surface area contributed by atoms with E-state index < -0.39 is 0 Å². The Morgan fingerprint density at radius 2 is 2.33 bits per heavy atom. The summed E-state index contributed by atoms with van der Waals surface area (Å²) in [6.45, 7) is 3.71. The van der Waals surface area contributed by atoms with Crippen LogP contribution in [0.3, 0.4) is 0 Å². The molecule has 0 saturated heterocycles. The molecule has 0 aliphatic rings. The standard InChI is InChI=1S/C7H10BrN3O/c1-4-7(5(2)11-10-4)9-6(12)3-8/h3H2,1-2H3,(H,9,12)(H,10,11). The predicted molar refractivity (Wildman–Crippen MR) is 50.5 cm³/mol. The molecule has 0 radical (unpaired) electrons. The van der Waals surface area contributed by atoms with Gasteiger partial charge in [0.05, 0.1) is 22.4 Å². The van der Waals surface area contributed by atoms with Crippen LogP contribution in [-0.2, 0) is 4.79 Å². The average molecular weight is 232 g/mol. The van der Waals surface area contributed by atoms with Gasteiger partial charge in [-0.15, -0.1) is 0 Å². The van der Waals surface area contributed by atoms with Crippen molar-refractivity contribution < 1.29 is 4.79 Å². The van der Waals surface area contributed by atoms with E-state index in [2.05, 4.69) is 31.4 Å². The molecule has 1 aromatic heterocycles. The number of rotatable bonds is 2. The van der Waals surface area contributed by atoms with Crippen LogP contribution in [0.2, 0.25) is 0 Å². The fourth-order valence-corrected chi connectivity index (χ4v) is 1.05. The minimum absolute atomic E-state index is 0.0670. The van der Waals surface area contributed by atoms with Crippen LogP contribution >= 0.6 is 15.9 Å². The van der Waals surface area contributed by atoms with E-state index in [9.17, 15) is 4.79 Å². The summed E-state index contributed by atoms with van der Waals surface area (Å²) < 4.78 is 0. The first-order valence-corrected chi connectivity index (χ1v) is 4.64. The van der Waals surface area contributed by atoms with E-state index in [0.29, 0.717) is 5.33 Å². The van der Waals surface area contributed by atoms with Crippen molar-refractivity contribution in [1.82, 2.24) is 10.2 Å². The summed E-state index contributed by atoms with van der Waals surface area (Å²) in [6, 6.07) is 0. The van der Waals surface area contributed by atoms with Crippen molar-refractivity contribution in [3.8, 4) is 0 Å². The summed E-state index contributed by atoms with van der Waals surface area (Å²) in [7, 11) is 0. The van der Waals surface area contributed by atoms with E-state index in [-0.39, 0.29) is 5.91 Å². The molecule has 0 fully saturated rings. The zero-order chi connectivity index (χ0) is 9.14. The van der Waals surface area contributed by atoms with E-state index in [1.807, 2.05) is 13.8 Å². The van der Waals surface area contributed by atoms with Crippen LogP contribution in [0.5, 0.6) is 0 Å². The first-order chi connectivity index (χ1) is 5.65. The molecule has 0 bridgehead atoms. The molecule has 66 valence electrons. The number of aromatic nitrogens is 2. The number of nitrogens with one attached hydrogen (secondary N) is 2. The zero-order valence-electron chi connectivity index (χ0n) is 6.94. The number of alkyl halides is 1. The Morgan fingerprint density at radius 3 is 2.75 bits per heavy atom. The van der Waals surface area contributed by atoms with Gasteiger partial charge >= 0.3 is 0 Å². The van der Waals surface area contributed by atoms with Gasteiger partial charge in [-0.1, -0.05) is 15.9 Å². The summed E-state index contributed by atoms with van der Waals surface area (Å²) in [5.74, 6) is -0.0670. The highest BCUT2D eigenvalue weighted by molar-refractivity contribution is 9.09. The van der Waals surface area contributed by atoms with E-state index in [4.69, 9.17) is 0 Å². The van der Waals surface area contributed by atoms with E-state index >= 15 is 0 Å². The van der Waals surface area contributed by atoms with Gasteiger partial charge in [-0.3, -0.25) is 9.89 Å². The molecule has 0 atom stereocenters. The summed E-state index contributed by atoms with van der Waals surface area (Å²) in [5.41, 5.74) is 2.46. The van der Waals surface area contributed by atoms with Crippen LogP contribution in [0.4, 0.5) is 5.69 Å². The minimum Gasteiger partial charge on any atom is -0.322 e. The molecule has 0 aromatic carbocycles. The van der Waals surface area contributed by atoms with E-state index in [0.717, 1.165) is 17.1 Å². The monoisotopic (exact) mass is 231 g/mol. The largest absolute Gasteiger partial charge is 0.322 e. The first kappa shape index (κ1) is 9.25. The van der Waals surface area contributed by atoms with Crippen LogP contribution in [0, 0.1) is 13.8 Å². The Kier molecular flexibility index (Phi) is 2.86. The van der Waals surface area contributed by atoms with Gasteiger partial charge in [0.15, 0.2) is 0 Å². The SMILES string of the molecule is Cc1n[nH]c(C)c1NC(=O)CBr. The van der Waals surface area contributed by atoms with Crippen molar-refractivity contribution in [2.45, 2.75) is 13.8 Å². The molecule has 0 unspecified atom stereocenters. The molecule has 0 saturated carbocycles. The van der Waals surface area contributed by atoms with Gasteiger partial charge in [-0.2, -0.15) is 5.10 Å². The number of nitrogens with zero attached hydrogens (tertiary/aromatic N) is 1. The van der Waals surface area contributed by atoms with Crippen LogP contribution in [0.25, 0.3) is 0 Å². The molecule has 0 spiro atoms. The molecule has 2 N–H and O–H groups in total. The lowest BCUT2D eigenvalue weighted by molar-refractivity contribution is -0.113. The number of amides is 1. The molecule has 1 heterocycles. The number of hydrogen-bond acceptors (Lipinski definition) is 2. The number of hydrogen-bond donors (Lipinski definition) is 2. The fourth-order valence-electron chi connectivity index (χ4n) is 0.908. The number of carbonyl (C=O) groups excluding carboxylic acids is 1. The highest BCUT2D eigenvalue weighted by Gasteiger charge is 2.08. The second kappa shape index (κ2) is 3.71. The summed E-state index contributed by atoms with van der Waals surface area (Å²) >= 11 is 3.07. The van der Waals surface area contributed by atoms with E-state index in [1.54, 1.807) is 0 Å². The molecule has 0 aliphatic carbocycles. The Labute approximate surface area is 78.9 Å². The first-order valence-electron chi connectivity index (χ1n) is 3.52. The quantitative estimate of drug-likeness (QED) is 0.756. The van der Waals surface area contributed by atoms with Gasteiger partial charge in [0.25, 0.3) is 0 Å². The third-order valence-electron chi connectivity index (χ3n) is 1.51. The van der Waals surface area contributed by atoms with Crippen LogP contribution in [-0.4, -0.2) is 21.4 Å². The third kappa shape index (κ3) is 1.85. The zero-order valence-corrected chi connectivity index (χ0v) is 8.53. The van der Waals surface area contributed by atoms with Crippen molar-refractivity contribution in [1.29, 1.82) is 0 Å². The lowest BCUT2D eigenvalue weighted by Crippen LogP contribution is -2.13. The number of carbonyl (C=O) groups is 1. The van der Waals surface area contributed by atoms with E-state index in [1.165, 1.54) is 0 Å². The van der Waals surface area contributed by atoms with Crippen molar-refractivity contribution >= 4 is 27.5 Å². The molecule has 1 aromatic rings. The van der Waals surface area contributed by atoms with Gasteiger partial charge < -0.3 is 5.32 Å². The van der Waals surface area contributed by atoms with Crippen molar-refractivity contribution in [2.24, 2.45) is 0 Å². The number of H-pyrrole nitrogens is 1. The third-order valence-corrected chi connectivity index (χ3v) is 2.02. The fraction of sp³-hybridized carbons (Fsp3) is 0.429. The molecule has 1 rings (SSSR count). The Hall–Kier alpha value is -0.840. The predicted octanol–water partition coefficient (Wildman–Crippen LogP) is 1.36. The molecular weight excluding hydrogens is 222 g/mol. The number of aryl methyl sites for hydroxylation is 2. The van der Waals surface area contributed by atoms with Crippen molar-refractivity contribution in [3.63, 3.8) is 0 Å². The van der Waals surface area contributed by atoms with Gasteiger partial charge in [0, 0.05) is 0 Å². The van der Waals surface area contributed by atoms with Gasteiger partial charge in [0.1, 0.15) is 0 Å². The van der Waals surface area contributed by atoms with Gasteiger partial charge in [-0.05, 0) is 13.8 Å². The number of aromatic amines is 1. The lowest BCUT2D eigenvalue weighted by Gasteiger charge is -2.01. The smallest absolute Gasteiger partial charge is 0.235 e. The van der Waals surface area contributed by atoms with Crippen LogP contribution in [0.15, 0.2) is 0 Å². The van der Waals surface area contributed by atoms with Crippen LogP contribution in [0.1, 0.15) is 11.4 Å². The molecule has 5 heteroatoms. The molecule has 0 aliphatic heterocycles. The van der Waals surface area contributed by atoms with Crippen LogP contribution < -0.4 is 5.32 Å². The number of anilines is 1. The van der Waals surface area contributed by atoms with Crippen molar-refractivity contribution in [2.75, 3.05) is 10.6 Å². The maximum atomic E-state index is 11.0. The molecular formula is C7H10BrN3O. The maximum Gasteiger partial charge on any atom is 0.235 e. The lowest BCUT2D eigenvalue weighted by atomic mass is 10.3. The summed E-state index contributed by atoms with van der Waals surface area (Å²) in [5, 5.41) is 9.77. The highest BCUT2D eigenvalue weighted by atomic mass is 79.9. The maximum absolute atomic E-state index is 11.0. The Bertz CT molecular complexity index is 275.